The van der Waals surface area contributed by atoms with Gasteiger partial charge in [0.25, 0.3) is 0 Å². The maximum absolute atomic E-state index is 9.39. The van der Waals surface area contributed by atoms with Gasteiger partial charge in [0, 0.05) is 0 Å². The lowest BCUT2D eigenvalue weighted by Crippen LogP contribution is -1.95. The number of nitrogens with zero attached hydrogens (tertiary/aromatic N) is 1. The number of nitriles is 1. The number of hydrogen-bond acceptors (Lipinski definition) is 2. The standard InChI is InChI=1S/C19H13Cl2NO/c1-3-8-23-19-17(20)10-14(11-18(19)21)9-16(12-22)15-6-4-13(2)5-7-15/h1,4-7,9-11H,8H2,2H3/b16-9-. The van der Waals surface area contributed by atoms with Crippen LogP contribution in [0.5, 0.6) is 5.75 Å². The van der Waals surface area contributed by atoms with E-state index in [1.54, 1.807) is 18.2 Å². The van der Waals surface area contributed by atoms with Crippen molar-refractivity contribution in [3.63, 3.8) is 0 Å². The quantitative estimate of drug-likeness (QED) is 0.425. The summed E-state index contributed by atoms with van der Waals surface area (Å²) in [6.45, 7) is 2.08. The number of terminal acetylenes is 1. The molecule has 0 saturated carbocycles. The molecule has 2 nitrogen and oxygen atoms in total. The van der Waals surface area contributed by atoms with Crippen molar-refractivity contribution in [3.8, 4) is 24.2 Å². The molecule has 0 N–H and O–H groups in total. The maximum atomic E-state index is 9.39. The summed E-state index contributed by atoms with van der Waals surface area (Å²) >= 11 is 12.3. The molecule has 0 unspecified atom stereocenters. The first-order chi connectivity index (χ1) is 11.0. The lowest BCUT2D eigenvalue weighted by atomic mass is 10.0. The van der Waals surface area contributed by atoms with Gasteiger partial charge in [0.1, 0.15) is 6.61 Å². The molecule has 0 aliphatic heterocycles. The van der Waals surface area contributed by atoms with Gasteiger partial charge < -0.3 is 4.74 Å². The minimum absolute atomic E-state index is 0.0848. The SMILES string of the molecule is C#CCOc1c(Cl)cc(/C=C(/C#N)c2ccc(C)cc2)cc1Cl. The van der Waals surface area contributed by atoms with E-state index in [0.29, 0.717) is 26.9 Å². The number of aryl methyl sites for hydroxylation is 1. The van der Waals surface area contributed by atoms with E-state index in [4.69, 9.17) is 34.4 Å². The highest BCUT2D eigenvalue weighted by atomic mass is 35.5. The van der Waals surface area contributed by atoms with Gasteiger partial charge in [-0.2, -0.15) is 5.26 Å². The Morgan fingerprint density at radius 2 is 1.83 bits per heavy atom. The average molecular weight is 342 g/mol. The fraction of sp³-hybridized carbons (Fsp3) is 0.105. The van der Waals surface area contributed by atoms with Crippen molar-refractivity contribution in [2.45, 2.75) is 6.92 Å². The Balaban J connectivity index is 2.39. The zero-order chi connectivity index (χ0) is 16.8. The predicted molar refractivity (Wildman–Crippen MR) is 95.5 cm³/mol. The smallest absolute Gasteiger partial charge is 0.157 e. The predicted octanol–water partition coefficient (Wildman–Crippen LogP) is 5.38. The molecule has 2 aromatic carbocycles. The van der Waals surface area contributed by atoms with Crippen LogP contribution in [0.2, 0.25) is 10.0 Å². The molecule has 0 spiro atoms. The molecular formula is C19H13Cl2NO. The number of halogens is 2. The van der Waals surface area contributed by atoms with Gasteiger partial charge in [-0.05, 0) is 36.3 Å². The number of rotatable bonds is 4. The van der Waals surface area contributed by atoms with E-state index in [9.17, 15) is 5.26 Å². The molecule has 0 atom stereocenters. The first kappa shape index (κ1) is 17.0. The van der Waals surface area contributed by atoms with E-state index in [0.717, 1.165) is 11.1 Å². The second-order valence-corrected chi connectivity index (χ2v) is 5.66. The third-order valence-corrected chi connectivity index (χ3v) is 3.68. The molecule has 0 bridgehead atoms. The average Bonchev–Trinajstić information content (AvgIpc) is 2.53. The van der Waals surface area contributed by atoms with Crippen molar-refractivity contribution in [3.05, 3.63) is 63.1 Å². The highest BCUT2D eigenvalue weighted by molar-refractivity contribution is 6.37. The van der Waals surface area contributed by atoms with Crippen LogP contribution in [-0.2, 0) is 0 Å². The van der Waals surface area contributed by atoms with Crippen LogP contribution in [0.1, 0.15) is 16.7 Å². The summed E-state index contributed by atoms with van der Waals surface area (Å²) in [6.07, 6.45) is 6.89. The third-order valence-electron chi connectivity index (χ3n) is 3.11. The molecule has 0 radical (unpaired) electrons. The molecule has 0 aliphatic carbocycles. The van der Waals surface area contributed by atoms with E-state index in [-0.39, 0.29) is 6.61 Å². The highest BCUT2D eigenvalue weighted by Crippen LogP contribution is 2.35. The molecule has 4 heteroatoms. The van der Waals surface area contributed by atoms with Gasteiger partial charge in [0.15, 0.2) is 5.75 Å². The molecule has 0 aliphatic rings. The lowest BCUT2D eigenvalue weighted by molar-refractivity contribution is 0.371. The number of ether oxygens (including phenoxy) is 1. The van der Waals surface area contributed by atoms with Crippen LogP contribution >= 0.6 is 23.2 Å². The lowest BCUT2D eigenvalue weighted by Gasteiger charge is -2.09. The summed E-state index contributed by atoms with van der Waals surface area (Å²) in [5.74, 6) is 2.70. The van der Waals surface area contributed by atoms with Crippen molar-refractivity contribution >= 4 is 34.9 Å². The van der Waals surface area contributed by atoms with Gasteiger partial charge in [-0.25, -0.2) is 0 Å². The summed E-state index contributed by atoms with van der Waals surface area (Å²) in [5.41, 5.74) is 3.20. The summed E-state index contributed by atoms with van der Waals surface area (Å²) in [5, 5.41) is 10.1. The molecule has 0 fully saturated rings. The van der Waals surface area contributed by atoms with E-state index in [1.807, 2.05) is 31.2 Å². The largest absolute Gasteiger partial charge is 0.478 e. The fourth-order valence-corrected chi connectivity index (χ4v) is 2.61. The van der Waals surface area contributed by atoms with Crippen molar-refractivity contribution in [2.24, 2.45) is 0 Å². The summed E-state index contributed by atoms with van der Waals surface area (Å²) < 4.78 is 5.32. The molecule has 2 rings (SSSR count). The Kier molecular flexibility index (Phi) is 5.72. The molecular weight excluding hydrogens is 329 g/mol. The fourth-order valence-electron chi connectivity index (χ4n) is 1.99. The van der Waals surface area contributed by atoms with E-state index < -0.39 is 0 Å². The molecule has 0 aromatic heterocycles. The van der Waals surface area contributed by atoms with Crippen LogP contribution in [-0.4, -0.2) is 6.61 Å². The van der Waals surface area contributed by atoms with Gasteiger partial charge >= 0.3 is 0 Å². The van der Waals surface area contributed by atoms with Crippen LogP contribution in [0, 0.1) is 30.6 Å². The first-order valence-electron chi connectivity index (χ1n) is 6.79. The van der Waals surface area contributed by atoms with Crippen LogP contribution < -0.4 is 4.74 Å². The Bertz CT molecular complexity index is 801. The van der Waals surface area contributed by atoms with Crippen molar-refractivity contribution in [1.82, 2.24) is 0 Å². The Morgan fingerprint density at radius 1 is 1.22 bits per heavy atom. The van der Waals surface area contributed by atoms with E-state index in [2.05, 4.69) is 12.0 Å². The van der Waals surface area contributed by atoms with Crippen LogP contribution in [0.15, 0.2) is 36.4 Å². The van der Waals surface area contributed by atoms with Crippen LogP contribution in [0.3, 0.4) is 0 Å². The van der Waals surface area contributed by atoms with Gasteiger partial charge in [-0.3, -0.25) is 0 Å². The molecule has 0 heterocycles. The molecule has 114 valence electrons. The summed E-state index contributed by atoms with van der Waals surface area (Å²) in [6, 6.07) is 13.3. The maximum Gasteiger partial charge on any atom is 0.157 e. The Hall–Kier alpha value is -2.39. The van der Waals surface area contributed by atoms with E-state index in [1.165, 1.54) is 0 Å². The minimum Gasteiger partial charge on any atom is -0.478 e. The van der Waals surface area contributed by atoms with Crippen LogP contribution in [0.25, 0.3) is 11.6 Å². The molecule has 2 aromatic rings. The van der Waals surface area contributed by atoms with Gasteiger partial charge in [0.05, 0.1) is 21.7 Å². The minimum atomic E-state index is 0.0848. The monoisotopic (exact) mass is 341 g/mol. The normalized spacial score (nSPS) is 10.7. The second kappa shape index (κ2) is 7.75. The van der Waals surface area contributed by atoms with Gasteiger partial charge in [-0.15, -0.1) is 6.42 Å². The topological polar surface area (TPSA) is 33.0 Å². The van der Waals surface area contributed by atoms with Gasteiger partial charge in [0.2, 0.25) is 0 Å². The van der Waals surface area contributed by atoms with Crippen molar-refractivity contribution in [1.29, 1.82) is 5.26 Å². The molecule has 0 amide bonds. The first-order valence-corrected chi connectivity index (χ1v) is 7.55. The molecule has 0 saturated heterocycles. The summed E-state index contributed by atoms with van der Waals surface area (Å²) in [4.78, 5) is 0. The molecule has 23 heavy (non-hydrogen) atoms. The van der Waals surface area contributed by atoms with Crippen LogP contribution in [0.4, 0.5) is 0 Å². The van der Waals surface area contributed by atoms with Crippen molar-refractivity contribution in [2.75, 3.05) is 6.61 Å². The number of allylic oxidation sites excluding steroid dienone is 1. The summed E-state index contributed by atoms with van der Waals surface area (Å²) in [7, 11) is 0. The van der Waals surface area contributed by atoms with Crippen molar-refractivity contribution < 1.29 is 4.74 Å². The van der Waals surface area contributed by atoms with E-state index >= 15 is 0 Å². The Morgan fingerprint density at radius 3 is 2.35 bits per heavy atom. The second-order valence-electron chi connectivity index (χ2n) is 4.84. The zero-order valence-electron chi connectivity index (χ0n) is 12.4. The Labute approximate surface area is 145 Å². The third kappa shape index (κ3) is 4.30. The van der Waals surface area contributed by atoms with Gasteiger partial charge in [-0.1, -0.05) is 59.0 Å². The number of hydrogen-bond donors (Lipinski definition) is 0. The zero-order valence-corrected chi connectivity index (χ0v) is 13.9. The number of benzene rings is 2. The highest BCUT2D eigenvalue weighted by Gasteiger charge is 2.10.